The molecule has 172 valence electrons. The van der Waals surface area contributed by atoms with Crippen molar-refractivity contribution in [2.45, 2.75) is 47.0 Å². The summed E-state index contributed by atoms with van der Waals surface area (Å²) < 4.78 is 4.14. The van der Waals surface area contributed by atoms with Gasteiger partial charge in [0.15, 0.2) is 0 Å². The predicted molar refractivity (Wildman–Crippen MR) is 137 cm³/mol. The van der Waals surface area contributed by atoms with Gasteiger partial charge in [0.2, 0.25) is 5.78 Å². The molecule has 0 atom stereocenters. The van der Waals surface area contributed by atoms with E-state index >= 15 is 0 Å². The molecule has 7 heteroatoms. The lowest BCUT2D eigenvalue weighted by molar-refractivity contribution is -0.132. The number of Topliss-reactive ketones (excluding diaryl/α,β-unsaturated/α-hetero) is 1. The number of anilines is 1. The van der Waals surface area contributed by atoms with Crippen LogP contribution in [0.1, 0.15) is 45.7 Å². The Labute approximate surface area is 204 Å². The molecule has 1 N–H and O–H groups in total. The van der Waals surface area contributed by atoms with E-state index in [0.717, 1.165) is 35.5 Å². The first-order valence-electron chi connectivity index (χ1n) is 11.0. The average molecular weight is 482 g/mol. The van der Waals surface area contributed by atoms with Crippen LogP contribution in [0.25, 0.3) is 0 Å². The lowest BCUT2D eigenvalue weighted by Crippen LogP contribution is -2.30. The monoisotopic (exact) mass is 481 g/mol. The number of rotatable bonds is 5. The molecule has 3 heterocycles. The van der Waals surface area contributed by atoms with Gasteiger partial charge in [-0.25, -0.2) is 0 Å². The molecule has 2 aliphatic heterocycles. The Kier molecular flexibility index (Phi) is 8.42. The fourth-order valence-corrected chi connectivity index (χ4v) is 4.42. The fraction of sp³-hybridized carbons (Fsp3) is 0.269. The number of halogens is 1. The fourth-order valence-electron chi connectivity index (χ4n) is 3.61. The van der Waals surface area contributed by atoms with Crippen LogP contribution in [0.15, 0.2) is 87.9 Å². The van der Waals surface area contributed by atoms with Gasteiger partial charge in [-0.1, -0.05) is 49.2 Å². The number of allylic oxidation sites excluding steroid dienone is 10. The minimum Gasteiger partial charge on any atom is -0.320 e. The summed E-state index contributed by atoms with van der Waals surface area (Å²) in [7, 11) is 0. The van der Waals surface area contributed by atoms with Crippen molar-refractivity contribution in [1.29, 1.82) is 0 Å². The van der Waals surface area contributed by atoms with Crippen LogP contribution >= 0.6 is 23.1 Å². The second-order valence-corrected chi connectivity index (χ2v) is 8.85. The first-order valence-corrected chi connectivity index (χ1v) is 12.1. The largest absolute Gasteiger partial charge is 0.320 e. The number of ketones is 1. The number of hydrogen-bond acceptors (Lipinski definition) is 5. The molecule has 0 saturated heterocycles. The van der Waals surface area contributed by atoms with Crippen LogP contribution in [-0.4, -0.2) is 21.0 Å². The Morgan fingerprint density at radius 1 is 1.18 bits per heavy atom. The number of fused-ring (bicyclic) bond motifs is 1. The van der Waals surface area contributed by atoms with Crippen molar-refractivity contribution in [3.8, 4) is 0 Å². The maximum atomic E-state index is 13.0. The van der Waals surface area contributed by atoms with Crippen LogP contribution in [-0.2, 0) is 9.59 Å². The zero-order valence-corrected chi connectivity index (χ0v) is 20.9. The first kappa shape index (κ1) is 24.7. The van der Waals surface area contributed by atoms with Gasteiger partial charge in [0, 0.05) is 28.9 Å². The number of carbonyl (C=O) groups excluding carboxylic acids is 2. The molecule has 0 aromatic carbocycles. The molecule has 1 aromatic heterocycles. The highest BCUT2D eigenvalue weighted by Crippen LogP contribution is 2.35. The number of amides is 1. The van der Waals surface area contributed by atoms with E-state index in [1.165, 1.54) is 17.1 Å². The zero-order valence-electron chi connectivity index (χ0n) is 19.3. The van der Waals surface area contributed by atoms with Gasteiger partial charge in [0.1, 0.15) is 5.00 Å². The van der Waals surface area contributed by atoms with Gasteiger partial charge in [-0.2, -0.15) is 4.37 Å². The molecule has 0 saturated carbocycles. The van der Waals surface area contributed by atoms with Gasteiger partial charge in [0.25, 0.3) is 5.91 Å². The molecule has 3 aliphatic rings. The van der Waals surface area contributed by atoms with Crippen molar-refractivity contribution in [2.75, 3.05) is 5.32 Å². The Balaban J connectivity index is 0.00000149. The summed E-state index contributed by atoms with van der Waals surface area (Å²) in [4.78, 5) is 27.6. The molecule has 0 bridgehead atoms. The maximum Gasteiger partial charge on any atom is 0.297 e. The van der Waals surface area contributed by atoms with Crippen LogP contribution in [0.4, 0.5) is 5.00 Å². The second-order valence-electron chi connectivity index (χ2n) is 7.61. The number of carbonyl (C=O) groups is 2. The maximum absolute atomic E-state index is 13.0. The number of aromatic nitrogens is 1. The first-order chi connectivity index (χ1) is 15.9. The molecule has 1 amide bonds. The van der Waals surface area contributed by atoms with Gasteiger partial charge in [-0.05, 0) is 74.2 Å². The molecule has 0 unspecified atom stereocenters. The van der Waals surface area contributed by atoms with Crippen LogP contribution < -0.4 is 5.32 Å². The summed E-state index contributed by atoms with van der Waals surface area (Å²) >= 11 is 7.26. The lowest BCUT2D eigenvalue weighted by Gasteiger charge is -2.33. The third-order valence-electron chi connectivity index (χ3n) is 5.16. The molecule has 5 nitrogen and oxygen atoms in total. The minimum atomic E-state index is -0.639. The molecule has 1 aliphatic carbocycles. The van der Waals surface area contributed by atoms with Crippen LogP contribution in [0.2, 0.25) is 0 Å². The molecule has 1 aromatic rings. The molecule has 0 spiro atoms. The summed E-state index contributed by atoms with van der Waals surface area (Å²) in [5, 5.41) is 3.95. The van der Waals surface area contributed by atoms with E-state index in [9.17, 15) is 9.59 Å². The van der Waals surface area contributed by atoms with E-state index in [1.54, 1.807) is 6.07 Å². The third kappa shape index (κ3) is 6.09. The average Bonchev–Trinajstić information content (AvgIpc) is 3.10. The number of nitrogens with zero attached hydrogens (tertiary/aromatic N) is 2. The number of hydrogen-bond donors (Lipinski definition) is 1. The number of aryl methyl sites for hydroxylation is 1. The van der Waals surface area contributed by atoms with Crippen molar-refractivity contribution in [2.24, 2.45) is 0 Å². The normalized spacial score (nSPS) is 17.1. The molecular formula is C26H28ClN3O2S. The van der Waals surface area contributed by atoms with E-state index in [1.807, 2.05) is 81.3 Å². The summed E-state index contributed by atoms with van der Waals surface area (Å²) in [6.07, 6.45) is 17.8. The summed E-state index contributed by atoms with van der Waals surface area (Å²) in [5.74, 6) is -1.16. The summed E-state index contributed by atoms with van der Waals surface area (Å²) in [5.41, 5.74) is 5.39. The standard InChI is InChI=1S/C24H22ClN3O2S.C2H6/c1-15-10-11-28-19(14-17-4-3-5-18(25)7-6-17)8-9-20(21(28)12-15)23(29)24(30)26-22-13-16(2)27-31-22;1-2/h3,5-8,10-13H,4,9,14H2,1-2H3,(H,26,30);1-2H3. The smallest absolute Gasteiger partial charge is 0.297 e. The number of nitrogens with one attached hydrogen (secondary N) is 1. The molecular weight excluding hydrogens is 454 g/mol. The van der Waals surface area contributed by atoms with Crippen LogP contribution in [0.5, 0.6) is 0 Å². The lowest BCUT2D eigenvalue weighted by atomic mass is 9.93. The van der Waals surface area contributed by atoms with Crippen LogP contribution in [0.3, 0.4) is 0 Å². The van der Waals surface area contributed by atoms with Crippen molar-refractivity contribution >= 4 is 39.8 Å². The van der Waals surface area contributed by atoms with E-state index in [0.29, 0.717) is 22.0 Å². The minimum absolute atomic E-state index is 0.409. The van der Waals surface area contributed by atoms with Gasteiger partial charge >= 0.3 is 0 Å². The van der Waals surface area contributed by atoms with Crippen molar-refractivity contribution in [3.63, 3.8) is 0 Å². The van der Waals surface area contributed by atoms with E-state index in [4.69, 9.17) is 11.6 Å². The zero-order chi connectivity index (χ0) is 24.0. The van der Waals surface area contributed by atoms with Crippen molar-refractivity contribution < 1.29 is 9.59 Å². The summed E-state index contributed by atoms with van der Waals surface area (Å²) in [6, 6.07) is 1.75. The van der Waals surface area contributed by atoms with Gasteiger partial charge in [-0.15, -0.1) is 0 Å². The Morgan fingerprint density at radius 2 is 1.97 bits per heavy atom. The highest BCUT2D eigenvalue weighted by atomic mass is 35.5. The molecule has 4 rings (SSSR count). The SMILES string of the molecule is CC.CC1=CC2=C(C(=O)C(=O)Nc3cc(C)ns3)CC=C(CC3=CC=C(Cl)C=CC3)N2C=C1. The summed E-state index contributed by atoms with van der Waals surface area (Å²) in [6.45, 7) is 7.82. The Bertz CT molecular complexity index is 1160. The van der Waals surface area contributed by atoms with E-state index < -0.39 is 11.7 Å². The topological polar surface area (TPSA) is 62.3 Å². The van der Waals surface area contributed by atoms with Crippen molar-refractivity contribution in [1.82, 2.24) is 9.27 Å². The van der Waals surface area contributed by atoms with Gasteiger partial charge in [-0.3, -0.25) is 9.59 Å². The Morgan fingerprint density at radius 3 is 2.70 bits per heavy atom. The highest BCUT2D eigenvalue weighted by Gasteiger charge is 2.29. The van der Waals surface area contributed by atoms with Crippen molar-refractivity contribution in [3.05, 3.63) is 93.6 Å². The van der Waals surface area contributed by atoms with Gasteiger partial charge < -0.3 is 10.2 Å². The third-order valence-corrected chi connectivity index (χ3v) is 6.21. The highest BCUT2D eigenvalue weighted by molar-refractivity contribution is 7.10. The van der Waals surface area contributed by atoms with Crippen LogP contribution in [0, 0.1) is 6.92 Å². The molecule has 0 fully saturated rings. The Hall–Kier alpha value is -2.96. The predicted octanol–water partition coefficient (Wildman–Crippen LogP) is 6.70. The van der Waals surface area contributed by atoms with Gasteiger partial charge in [0.05, 0.1) is 11.4 Å². The quantitative estimate of drug-likeness (QED) is 0.475. The molecule has 33 heavy (non-hydrogen) atoms. The van der Waals surface area contributed by atoms with E-state index in [-0.39, 0.29) is 0 Å². The van der Waals surface area contributed by atoms with E-state index in [2.05, 4.69) is 9.69 Å². The second kappa shape index (κ2) is 11.3. The molecule has 0 radical (unpaired) electrons.